The second-order valence-electron chi connectivity index (χ2n) is 4.71. The minimum absolute atomic E-state index is 0.0564. The maximum atomic E-state index is 12.4. The number of rotatable bonds is 7. The summed E-state index contributed by atoms with van der Waals surface area (Å²) in [5, 5.41) is 3.08. The van der Waals surface area contributed by atoms with E-state index in [1.165, 1.54) is 0 Å². The summed E-state index contributed by atoms with van der Waals surface area (Å²) < 4.78 is 16.1. The molecule has 1 aromatic carbocycles. The molecule has 0 aromatic heterocycles. The van der Waals surface area contributed by atoms with Gasteiger partial charge in [-0.05, 0) is 19.5 Å². The van der Waals surface area contributed by atoms with E-state index in [4.69, 9.17) is 14.2 Å². The van der Waals surface area contributed by atoms with E-state index < -0.39 is 5.54 Å². The molecule has 1 aliphatic rings. The molecular formula is C15H21NO4. The fraction of sp³-hybridized carbons (Fsp3) is 0.533. The molecule has 0 amide bonds. The number of likely N-dealkylation sites (N-methyl/N-ethyl adjacent to an activating group) is 1. The Morgan fingerprint density at radius 3 is 2.60 bits per heavy atom. The molecule has 0 saturated carbocycles. The largest absolute Gasteiger partial charge is 0.464 e. The van der Waals surface area contributed by atoms with Crippen molar-refractivity contribution in [3.63, 3.8) is 0 Å². The second kappa shape index (κ2) is 6.83. The molecule has 20 heavy (non-hydrogen) atoms. The van der Waals surface area contributed by atoms with Crippen LogP contribution in [0.15, 0.2) is 30.3 Å². The molecule has 5 heteroatoms. The van der Waals surface area contributed by atoms with Crippen LogP contribution in [0.4, 0.5) is 0 Å². The Morgan fingerprint density at radius 2 is 2.10 bits per heavy atom. The zero-order valence-electron chi connectivity index (χ0n) is 11.9. The van der Waals surface area contributed by atoms with Crippen LogP contribution in [-0.2, 0) is 24.5 Å². The van der Waals surface area contributed by atoms with Gasteiger partial charge < -0.3 is 14.2 Å². The van der Waals surface area contributed by atoms with E-state index in [0.29, 0.717) is 19.8 Å². The average molecular weight is 279 g/mol. The Labute approximate surface area is 119 Å². The fourth-order valence-electron chi connectivity index (χ4n) is 2.11. The van der Waals surface area contributed by atoms with E-state index in [0.717, 1.165) is 5.56 Å². The first-order chi connectivity index (χ1) is 9.73. The number of nitrogens with one attached hydrogen (secondary N) is 1. The molecule has 110 valence electrons. The Bertz CT molecular complexity index is 433. The van der Waals surface area contributed by atoms with Crippen LogP contribution in [0.3, 0.4) is 0 Å². The highest BCUT2D eigenvalue weighted by Gasteiger charge is 2.42. The van der Waals surface area contributed by atoms with Gasteiger partial charge in [-0.1, -0.05) is 30.3 Å². The molecular weight excluding hydrogens is 258 g/mol. The van der Waals surface area contributed by atoms with Crippen LogP contribution in [0.1, 0.15) is 12.5 Å². The van der Waals surface area contributed by atoms with Crippen LogP contribution in [0.2, 0.25) is 0 Å². The summed E-state index contributed by atoms with van der Waals surface area (Å²) in [5.41, 5.74) is -0.145. The third-order valence-electron chi connectivity index (χ3n) is 3.46. The summed E-state index contributed by atoms with van der Waals surface area (Å²) in [4.78, 5) is 12.4. The summed E-state index contributed by atoms with van der Waals surface area (Å²) in [6.45, 7) is 3.51. The van der Waals surface area contributed by atoms with Gasteiger partial charge in [0.15, 0.2) is 5.54 Å². The Balaban J connectivity index is 2.21. The van der Waals surface area contributed by atoms with Crippen molar-refractivity contribution in [1.82, 2.24) is 5.32 Å². The van der Waals surface area contributed by atoms with Crippen LogP contribution in [-0.4, -0.2) is 45.5 Å². The molecule has 1 atom stereocenters. The lowest BCUT2D eigenvalue weighted by Gasteiger charge is -2.35. The predicted molar refractivity (Wildman–Crippen MR) is 74.4 cm³/mol. The first-order valence-electron chi connectivity index (χ1n) is 6.84. The number of carbonyl (C=O) groups is 1. The normalized spacial score (nSPS) is 18.1. The van der Waals surface area contributed by atoms with E-state index in [-0.39, 0.29) is 18.7 Å². The summed E-state index contributed by atoms with van der Waals surface area (Å²) in [6, 6.07) is 9.50. The molecule has 0 bridgehead atoms. The standard InChI is InChI=1S/C15H21NO4/c1-3-19-14(17)15(16-2,11-20-13-9-18-10-13)12-7-5-4-6-8-12/h4-8,13,16H,3,9-11H2,1-2H3. The maximum Gasteiger partial charge on any atom is 0.333 e. The first-order valence-corrected chi connectivity index (χ1v) is 6.84. The van der Waals surface area contributed by atoms with Gasteiger partial charge >= 0.3 is 5.97 Å². The second-order valence-corrected chi connectivity index (χ2v) is 4.71. The lowest BCUT2D eigenvalue weighted by molar-refractivity contribution is -0.167. The van der Waals surface area contributed by atoms with E-state index >= 15 is 0 Å². The van der Waals surface area contributed by atoms with Gasteiger partial charge in [0.2, 0.25) is 0 Å². The fourth-order valence-corrected chi connectivity index (χ4v) is 2.11. The molecule has 0 aliphatic carbocycles. The molecule has 0 radical (unpaired) electrons. The average Bonchev–Trinajstić information content (AvgIpc) is 2.43. The Morgan fingerprint density at radius 1 is 1.40 bits per heavy atom. The number of hydrogen-bond donors (Lipinski definition) is 1. The minimum atomic E-state index is -0.979. The SMILES string of the molecule is CCOC(=O)C(COC1COC1)(NC)c1ccccc1. The number of ether oxygens (including phenoxy) is 3. The van der Waals surface area contributed by atoms with E-state index in [1.54, 1.807) is 14.0 Å². The summed E-state index contributed by atoms with van der Waals surface area (Å²) >= 11 is 0. The van der Waals surface area contributed by atoms with Crippen molar-refractivity contribution in [1.29, 1.82) is 0 Å². The van der Waals surface area contributed by atoms with Crippen molar-refractivity contribution in [2.24, 2.45) is 0 Å². The Hall–Kier alpha value is -1.43. The molecule has 1 saturated heterocycles. The van der Waals surface area contributed by atoms with Crippen molar-refractivity contribution >= 4 is 5.97 Å². The maximum absolute atomic E-state index is 12.4. The van der Waals surface area contributed by atoms with Gasteiger partial charge in [-0.3, -0.25) is 5.32 Å². The third-order valence-corrected chi connectivity index (χ3v) is 3.46. The van der Waals surface area contributed by atoms with Gasteiger partial charge in [-0.2, -0.15) is 0 Å². The van der Waals surface area contributed by atoms with Crippen molar-refractivity contribution in [3.05, 3.63) is 35.9 Å². The van der Waals surface area contributed by atoms with Crippen molar-refractivity contribution in [2.45, 2.75) is 18.6 Å². The highest BCUT2D eigenvalue weighted by Crippen LogP contribution is 2.24. The molecule has 1 aliphatic heterocycles. The van der Waals surface area contributed by atoms with Crippen LogP contribution < -0.4 is 5.32 Å². The Kier molecular flexibility index (Phi) is 5.11. The van der Waals surface area contributed by atoms with Crippen molar-refractivity contribution in [3.8, 4) is 0 Å². The molecule has 1 aromatic rings. The molecule has 1 unspecified atom stereocenters. The molecule has 2 rings (SSSR count). The monoisotopic (exact) mass is 279 g/mol. The van der Waals surface area contributed by atoms with E-state index in [2.05, 4.69) is 5.32 Å². The zero-order chi connectivity index (χ0) is 14.4. The highest BCUT2D eigenvalue weighted by molar-refractivity contribution is 5.83. The van der Waals surface area contributed by atoms with E-state index in [1.807, 2.05) is 30.3 Å². The third kappa shape index (κ3) is 3.00. The summed E-state index contributed by atoms with van der Waals surface area (Å²) in [5.74, 6) is -0.325. The highest BCUT2D eigenvalue weighted by atomic mass is 16.6. The van der Waals surface area contributed by atoms with Crippen LogP contribution >= 0.6 is 0 Å². The smallest absolute Gasteiger partial charge is 0.333 e. The summed E-state index contributed by atoms with van der Waals surface area (Å²) in [7, 11) is 1.74. The van der Waals surface area contributed by atoms with Crippen LogP contribution in [0.25, 0.3) is 0 Å². The van der Waals surface area contributed by atoms with Gasteiger partial charge in [0, 0.05) is 0 Å². The van der Waals surface area contributed by atoms with Crippen molar-refractivity contribution in [2.75, 3.05) is 33.5 Å². The van der Waals surface area contributed by atoms with Gasteiger partial charge in [0.05, 0.1) is 26.4 Å². The minimum Gasteiger partial charge on any atom is -0.464 e. The quantitative estimate of drug-likeness (QED) is 0.757. The number of esters is 1. The summed E-state index contributed by atoms with van der Waals surface area (Å²) in [6.07, 6.45) is 0.0564. The van der Waals surface area contributed by atoms with Crippen LogP contribution in [0, 0.1) is 0 Å². The molecule has 1 heterocycles. The van der Waals surface area contributed by atoms with Gasteiger partial charge in [0.25, 0.3) is 0 Å². The topological polar surface area (TPSA) is 56.8 Å². The number of hydrogen-bond acceptors (Lipinski definition) is 5. The van der Waals surface area contributed by atoms with Gasteiger partial charge in [0.1, 0.15) is 6.10 Å². The molecule has 5 nitrogen and oxygen atoms in total. The lowest BCUT2D eigenvalue weighted by Crippen LogP contribution is -2.54. The van der Waals surface area contributed by atoms with Crippen molar-refractivity contribution < 1.29 is 19.0 Å². The van der Waals surface area contributed by atoms with Crippen LogP contribution in [0.5, 0.6) is 0 Å². The zero-order valence-corrected chi connectivity index (χ0v) is 11.9. The molecule has 0 spiro atoms. The predicted octanol–water partition coefficient (Wildman–Crippen LogP) is 1.08. The van der Waals surface area contributed by atoms with Gasteiger partial charge in [-0.25, -0.2) is 4.79 Å². The molecule has 1 N–H and O–H groups in total. The first kappa shape index (κ1) is 15.0. The lowest BCUT2D eigenvalue weighted by atomic mass is 9.90. The number of carbonyl (C=O) groups excluding carboxylic acids is 1. The number of benzene rings is 1. The molecule has 1 fully saturated rings. The van der Waals surface area contributed by atoms with Gasteiger partial charge in [-0.15, -0.1) is 0 Å². The van der Waals surface area contributed by atoms with E-state index in [9.17, 15) is 4.79 Å².